The highest BCUT2D eigenvalue weighted by molar-refractivity contribution is 6.35. The Bertz CT molecular complexity index is 723. The number of carbonyl (C=O) groups excluding carboxylic acids is 1. The number of aromatic nitrogens is 1. The number of H-pyrrole nitrogens is 1. The highest BCUT2D eigenvalue weighted by Crippen LogP contribution is 2.31. The minimum absolute atomic E-state index is 0.00308. The maximum Gasteiger partial charge on any atom is 0.273 e. The summed E-state index contributed by atoms with van der Waals surface area (Å²) in [5.74, 6) is -2.46. The molecular weight excluding hydrogens is 307 g/mol. The number of fused-ring (bicyclic) bond motifs is 1. The third-order valence-corrected chi connectivity index (χ3v) is 3.95. The number of hydrogen-bond acceptors (Lipinski definition) is 2. The zero-order valence-electron chi connectivity index (χ0n) is 10.7. The number of nitrogens with one attached hydrogen (secondary N) is 1. The van der Waals surface area contributed by atoms with Gasteiger partial charge in [-0.2, -0.15) is 0 Å². The number of halogens is 4. The number of alkyl halides is 1. The van der Waals surface area contributed by atoms with Gasteiger partial charge in [0, 0.05) is 6.54 Å². The van der Waals surface area contributed by atoms with E-state index < -0.39 is 34.8 Å². The first-order valence-electron chi connectivity index (χ1n) is 6.24. The number of likely N-dealkylation sites (tertiary alicyclic amines) is 1. The van der Waals surface area contributed by atoms with Crippen LogP contribution in [-0.4, -0.2) is 41.1 Å². The van der Waals surface area contributed by atoms with Gasteiger partial charge in [-0.1, -0.05) is 11.6 Å². The lowest BCUT2D eigenvalue weighted by Crippen LogP contribution is -2.33. The quantitative estimate of drug-likeness (QED) is 0.847. The van der Waals surface area contributed by atoms with Gasteiger partial charge in [0.15, 0.2) is 5.82 Å². The number of nitrogens with zero attached hydrogens (tertiary/aromatic N) is 1. The molecule has 1 fully saturated rings. The Labute approximate surface area is 122 Å². The highest BCUT2D eigenvalue weighted by atomic mass is 35.5. The smallest absolute Gasteiger partial charge is 0.273 e. The molecular formula is C13H11ClF3N3O. The summed E-state index contributed by atoms with van der Waals surface area (Å²) in [6.45, 7) is -0.201. The summed E-state index contributed by atoms with van der Waals surface area (Å²) >= 11 is 5.72. The van der Waals surface area contributed by atoms with Crippen LogP contribution >= 0.6 is 11.6 Å². The van der Waals surface area contributed by atoms with Crippen LogP contribution in [0.4, 0.5) is 13.2 Å². The van der Waals surface area contributed by atoms with E-state index in [0.29, 0.717) is 0 Å². The second kappa shape index (κ2) is 4.92. The summed E-state index contributed by atoms with van der Waals surface area (Å²) in [6, 6.07) is 1.56. The van der Waals surface area contributed by atoms with Gasteiger partial charge in [-0.05, 0) is 12.1 Å². The van der Waals surface area contributed by atoms with Gasteiger partial charge in [0.2, 0.25) is 0 Å². The van der Waals surface area contributed by atoms with E-state index in [1.807, 2.05) is 0 Å². The molecule has 2 heterocycles. The molecule has 8 heteroatoms. The molecule has 1 aromatic heterocycles. The monoisotopic (exact) mass is 317 g/mol. The fraction of sp³-hybridized carbons (Fsp3) is 0.308. The van der Waals surface area contributed by atoms with Crippen molar-refractivity contribution < 1.29 is 18.0 Å². The largest absolute Gasteiger partial charge is 0.348 e. The van der Waals surface area contributed by atoms with Crippen LogP contribution < -0.4 is 5.73 Å². The van der Waals surface area contributed by atoms with E-state index in [0.717, 1.165) is 11.0 Å². The number of hydrogen-bond donors (Lipinski definition) is 2. The van der Waals surface area contributed by atoms with Crippen LogP contribution in [-0.2, 0) is 0 Å². The van der Waals surface area contributed by atoms with E-state index in [2.05, 4.69) is 4.98 Å². The van der Waals surface area contributed by atoms with E-state index in [-0.39, 0.29) is 29.7 Å². The summed E-state index contributed by atoms with van der Waals surface area (Å²) in [5, 5.41) is -0.595. The number of nitrogens with two attached hydrogens (primary N) is 1. The van der Waals surface area contributed by atoms with E-state index in [4.69, 9.17) is 17.3 Å². The zero-order valence-corrected chi connectivity index (χ0v) is 11.4. The van der Waals surface area contributed by atoms with Crippen LogP contribution in [0.5, 0.6) is 0 Å². The van der Waals surface area contributed by atoms with Crippen molar-refractivity contribution in [3.8, 4) is 0 Å². The first kappa shape index (κ1) is 14.2. The Hall–Kier alpha value is -1.73. The molecule has 1 saturated heterocycles. The predicted octanol–water partition coefficient (Wildman–Crippen LogP) is 2.22. The maximum absolute atomic E-state index is 14.3. The van der Waals surface area contributed by atoms with Gasteiger partial charge < -0.3 is 15.6 Å². The van der Waals surface area contributed by atoms with E-state index in [1.165, 1.54) is 6.07 Å². The zero-order chi connectivity index (χ0) is 15.3. The van der Waals surface area contributed by atoms with Gasteiger partial charge in [-0.3, -0.25) is 4.79 Å². The van der Waals surface area contributed by atoms with Crippen LogP contribution in [0.2, 0.25) is 5.02 Å². The molecule has 1 aliphatic rings. The van der Waals surface area contributed by atoms with Crippen molar-refractivity contribution >= 4 is 28.4 Å². The number of carbonyl (C=O) groups is 1. The molecule has 112 valence electrons. The van der Waals surface area contributed by atoms with Gasteiger partial charge in [-0.15, -0.1) is 0 Å². The first-order chi connectivity index (χ1) is 9.90. The van der Waals surface area contributed by atoms with Crippen LogP contribution in [0.1, 0.15) is 10.5 Å². The Morgan fingerprint density at radius 2 is 2.10 bits per heavy atom. The minimum Gasteiger partial charge on any atom is -0.348 e. The van der Waals surface area contributed by atoms with Crippen LogP contribution in [0, 0.1) is 11.6 Å². The standard InChI is InChI=1S/C13H11ClF3N3O/c14-10-5(15)1-2-8-9(10)11(17)12(19-8)13(21)20-3-6(16)7(18)4-20/h1-2,6-7,19H,3-4,18H2/t6-,7+/m1/s1. The van der Waals surface area contributed by atoms with Crippen LogP contribution in [0.25, 0.3) is 10.9 Å². The van der Waals surface area contributed by atoms with E-state index in [1.54, 1.807) is 0 Å². The van der Waals surface area contributed by atoms with Gasteiger partial charge >= 0.3 is 0 Å². The molecule has 1 aromatic carbocycles. The molecule has 2 aromatic rings. The number of rotatable bonds is 1. The lowest BCUT2D eigenvalue weighted by molar-refractivity contribution is 0.0772. The van der Waals surface area contributed by atoms with Crippen molar-refractivity contribution in [2.75, 3.05) is 13.1 Å². The number of amides is 1. The summed E-state index contributed by atoms with van der Waals surface area (Å²) in [4.78, 5) is 15.9. The molecule has 2 atom stereocenters. The Morgan fingerprint density at radius 3 is 2.71 bits per heavy atom. The van der Waals surface area contributed by atoms with Crippen molar-refractivity contribution in [3.63, 3.8) is 0 Å². The Balaban J connectivity index is 2.03. The first-order valence-corrected chi connectivity index (χ1v) is 6.62. The average molecular weight is 318 g/mol. The van der Waals surface area contributed by atoms with Gasteiger partial charge in [0.1, 0.15) is 17.7 Å². The SMILES string of the molecule is N[C@H]1CN(C(=O)c2[nH]c3ccc(F)c(Cl)c3c2F)C[C@H]1F. The van der Waals surface area contributed by atoms with E-state index in [9.17, 15) is 18.0 Å². The van der Waals surface area contributed by atoms with Crippen molar-refractivity contribution in [3.05, 3.63) is 34.5 Å². The number of benzene rings is 1. The Morgan fingerprint density at radius 1 is 1.38 bits per heavy atom. The maximum atomic E-state index is 14.3. The normalized spacial score (nSPS) is 22.2. The second-order valence-electron chi connectivity index (χ2n) is 4.99. The molecule has 0 bridgehead atoms. The fourth-order valence-electron chi connectivity index (χ4n) is 2.44. The lowest BCUT2D eigenvalue weighted by atomic mass is 10.2. The third kappa shape index (κ3) is 2.16. The molecule has 3 N–H and O–H groups in total. The van der Waals surface area contributed by atoms with Crippen molar-refractivity contribution in [2.45, 2.75) is 12.2 Å². The van der Waals surface area contributed by atoms with Crippen LogP contribution in [0.15, 0.2) is 12.1 Å². The molecule has 0 aliphatic carbocycles. The highest BCUT2D eigenvalue weighted by Gasteiger charge is 2.35. The topological polar surface area (TPSA) is 62.1 Å². The van der Waals surface area contributed by atoms with Gasteiger partial charge in [-0.25, -0.2) is 13.2 Å². The number of aromatic amines is 1. The fourth-order valence-corrected chi connectivity index (χ4v) is 2.69. The molecule has 21 heavy (non-hydrogen) atoms. The molecule has 0 radical (unpaired) electrons. The minimum atomic E-state index is -1.34. The second-order valence-corrected chi connectivity index (χ2v) is 5.37. The van der Waals surface area contributed by atoms with Gasteiger partial charge in [0.25, 0.3) is 5.91 Å². The third-order valence-electron chi connectivity index (χ3n) is 3.59. The van der Waals surface area contributed by atoms with Crippen molar-refractivity contribution in [1.82, 2.24) is 9.88 Å². The predicted molar refractivity (Wildman–Crippen MR) is 72.0 cm³/mol. The van der Waals surface area contributed by atoms with Gasteiger partial charge in [0.05, 0.1) is 28.5 Å². The summed E-state index contributed by atoms with van der Waals surface area (Å²) in [6.07, 6.45) is -1.34. The molecule has 4 nitrogen and oxygen atoms in total. The molecule has 1 aliphatic heterocycles. The summed E-state index contributed by atoms with van der Waals surface area (Å²) in [7, 11) is 0. The Kier molecular flexibility index (Phi) is 3.33. The molecule has 3 rings (SSSR count). The molecule has 1 amide bonds. The molecule has 0 unspecified atom stereocenters. The van der Waals surface area contributed by atoms with Crippen molar-refractivity contribution in [1.29, 1.82) is 0 Å². The lowest BCUT2D eigenvalue weighted by Gasteiger charge is -2.14. The summed E-state index contributed by atoms with van der Waals surface area (Å²) < 4.78 is 41.1. The molecule has 0 spiro atoms. The van der Waals surface area contributed by atoms with Crippen molar-refractivity contribution in [2.24, 2.45) is 5.73 Å². The average Bonchev–Trinajstić information content (AvgIpc) is 2.95. The van der Waals surface area contributed by atoms with Crippen LogP contribution in [0.3, 0.4) is 0 Å². The molecule has 0 saturated carbocycles. The summed E-state index contributed by atoms with van der Waals surface area (Å²) in [5.41, 5.74) is 5.32. The van der Waals surface area contributed by atoms with E-state index >= 15 is 0 Å².